The SMILES string of the molecule is CCOC(=O)C1=C(CSc2nnc(-c3cc(OC)cc(OC)c3)o2)NC(=O)NC1c1ccco1. The molecule has 1 aliphatic heterocycles. The minimum Gasteiger partial charge on any atom is -0.497 e. The van der Waals surface area contributed by atoms with Crippen molar-refractivity contribution in [2.75, 3.05) is 26.6 Å². The number of esters is 1. The topological polar surface area (TPSA) is 138 Å². The summed E-state index contributed by atoms with van der Waals surface area (Å²) in [5.74, 6) is 1.43. The summed E-state index contributed by atoms with van der Waals surface area (Å²) in [6, 6.07) is 7.30. The van der Waals surface area contributed by atoms with E-state index < -0.39 is 18.0 Å². The van der Waals surface area contributed by atoms with Gasteiger partial charge < -0.3 is 33.7 Å². The van der Waals surface area contributed by atoms with Gasteiger partial charge in [0.05, 0.1) is 32.7 Å². The highest BCUT2D eigenvalue weighted by molar-refractivity contribution is 7.99. The Morgan fingerprint density at radius 1 is 1.18 bits per heavy atom. The van der Waals surface area contributed by atoms with Crippen LogP contribution in [0.4, 0.5) is 4.79 Å². The highest BCUT2D eigenvalue weighted by atomic mass is 32.2. The van der Waals surface area contributed by atoms with Crippen molar-refractivity contribution in [2.45, 2.75) is 18.2 Å². The van der Waals surface area contributed by atoms with Crippen LogP contribution < -0.4 is 20.1 Å². The molecule has 11 nitrogen and oxygen atoms in total. The van der Waals surface area contributed by atoms with Crippen LogP contribution in [0.1, 0.15) is 18.7 Å². The lowest BCUT2D eigenvalue weighted by Crippen LogP contribution is -2.46. The molecule has 2 aromatic heterocycles. The minimum absolute atomic E-state index is 0.168. The summed E-state index contributed by atoms with van der Waals surface area (Å²) in [5, 5.41) is 13.8. The predicted octanol–water partition coefficient (Wildman–Crippen LogP) is 3.31. The number of thioether (sulfide) groups is 1. The van der Waals surface area contributed by atoms with Crippen molar-refractivity contribution in [1.29, 1.82) is 0 Å². The molecule has 0 radical (unpaired) electrons. The number of methoxy groups -OCH3 is 2. The summed E-state index contributed by atoms with van der Waals surface area (Å²) < 4.78 is 27.0. The Morgan fingerprint density at radius 2 is 1.94 bits per heavy atom. The molecular weight excluding hydrogens is 464 g/mol. The van der Waals surface area contributed by atoms with Crippen molar-refractivity contribution in [3.05, 3.63) is 53.6 Å². The molecule has 178 valence electrons. The number of benzene rings is 1. The molecule has 4 rings (SSSR count). The minimum atomic E-state index is -0.791. The molecule has 1 unspecified atom stereocenters. The third kappa shape index (κ3) is 5.01. The zero-order chi connectivity index (χ0) is 24.1. The second-order valence-electron chi connectivity index (χ2n) is 6.92. The predicted molar refractivity (Wildman–Crippen MR) is 120 cm³/mol. The molecule has 1 atom stereocenters. The maximum Gasteiger partial charge on any atom is 0.338 e. The first-order valence-electron chi connectivity index (χ1n) is 10.2. The van der Waals surface area contributed by atoms with E-state index in [1.807, 2.05) is 0 Å². The van der Waals surface area contributed by atoms with Gasteiger partial charge in [0.2, 0.25) is 5.89 Å². The largest absolute Gasteiger partial charge is 0.497 e. The van der Waals surface area contributed by atoms with Crippen LogP contribution in [0.25, 0.3) is 11.5 Å². The molecule has 0 aliphatic carbocycles. The Bertz CT molecular complexity index is 1180. The van der Waals surface area contributed by atoms with Gasteiger partial charge in [-0.05, 0) is 31.2 Å². The van der Waals surface area contributed by atoms with Crippen molar-refractivity contribution < 1.29 is 32.6 Å². The van der Waals surface area contributed by atoms with Gasteiger partial charge >= 0.3 is 12.0 Å². The molecular formula is C22H22N4O7S. The van der Waals surface area contributed by atoms with Crippen molar-refractivity contribution in [2.24, 2.45) is 0 Å². The Balaban J connectivity index is 1.59. The van der Waals surface area contributed by atoms with Gasteiger partial charge in [0.1, 0.15) is 23.3 Å². The molecule has 2 N–H and O–H groups in total. The third-order valence-corrected chi connectivity index (χ3v) is 5.67. The number of nitrogens with zero attached hydrogens (tertiary/aromatic N) is 2. The summed E-state index contributed by atoms with van der Waals surface area (Å²) in [7, 11) is 3.09. The van der Waals surface area contributed by atoms with Crippen LogP contribution in [0.2, 0.25) is 0 Å². The van der Waals surface area contributed by atoms with Crippen molar-refractivity contribution >= 4 is 23.8 Å². The molecule has 0 saturated carbocycles. The van der Waals surface area contributed by atoms with Crippen LogP contribution >= 0.6 is 11.8 Å². The van der Waals surface area contributed by atoms with Crippen LogP contribution in [-0.4, -0.2) is 48.8 Å². The standard InChI is InChI=1S/C22H22N4O7S/c1-4-31-20(27)17-15(23-21(28)24-18(17)16-6-5-7-32-16)11-34-22-26-25-19(33-22)12-8-13(29-2)10-14(9-12)30-3/h5-10,18H,4,11H2,1-3H3,(H2,23,24,28). The van der Waals surface area contributed by atoms with Crippen LogP contribution in [0.15, 0.2) is 61.9 Å². The van der Waals surface area contributed by atoms with Crippen molar-refractivity contribution in [1.82, 2.24) is 20.8 Å². The van der Waals surface area contributed by atoms with E-state index in [1.54, 1.807) is 51.5 Å². The van der Waals surface area contributed by atoms with E-state index in [4.69, 9.17) is 23.0 Å². The van der Waals surface area contributed by atoms with Gasteiger partial charge in [-0.15, -0.1) is 10.2 Å². The molecule has 0 saturated heterocycles. The molecule has 34 heavy (non-hydrogen) atoms. The molecule has 3 aromatic rings. The Morgan fingerprint density at radius 3 is 2.59 bits per heavy atom. The van der Waals surface area contributed by atoms with E-state index in [-0.39, 0.29) is 29.0 Å². The monoisotopic (exact) mass is 486 g/mol. The number of carbonyl (C=O) groups excluding carboxylic acids is 2. The first kappa shape index (κ1) is 23.2. The summed E-state index contributed by atoms with van der Waals surface area (Å²) in [5.41, 5.74) is 1.22. The van der Waals surface area contributed by atoms with Gasteiger partial charge in [-0.2, -0.15) is 0 Å². The van der Waals surface area contributed by atoms with Gasteiger partial charge in [0.15, 0.2) is 0 Å². The number of hydrogen-bond acceptors (Lipinski definition) is 10. The lowest BCUT2D eigenvalue weighted by molar-refractivity contribution is -0.139. The number of hydrogen-bond donors (Lipinski definition) is 2. The number of aromatic nitrogens is 2. The zero-order valence-corrected chi connectivity index (χ0v) is 19.4. The molecule has 2 amide bonds. The molecule has 1 aliphatic rings. The van der Waals surface area contributed by atoms with Gasteiger partial charge in [-0.1, -0.05) is 11.8 Å². The third-order valence-electron chi connectivity index (χ3n) is 4.82. The maximum atomic E-state index is 12.7. The highest BCUT2D eigenvalue weighted by Crippen LogP contribution is 2.33. The summed E-state index contributed by atoms with van der Waals surface area (Å²) in [4.78, 5) is 25.0. The summed E-state index contributed by atoms with van der Waals surface area (Å²) in [6.07, 6.45) is 1.47. The first-order chi connectivity index (χ1) is 16.5. The van der Waals surface area contributed by atoms with Crippen LogP contribution in [0, 0.1) is 0 Å². The lowest BCUT2D eigenvalue weighted by atomic mass is 10.0. The number of rotatable bonds is 9. The Labute approximate surface area is 198 Å². The normalized spacial score (nSPS) is 15.5. The molecule has 0 fully saturated rings. The quantitative estimate of drug-likeness (QED) is 0.342. The summed E-state index contributed by atoms with van der Waals surface area (Å²) in [6.45, 7) is 1.88. The number of furan rings is 1. The Kier molecular flexibility index (Phi) is 7.07. The lowest BCUT2D eigenvalue weighted by Gasteiger charge is -2.27. The number of nitrogens with one attached hydrogen (secondary N) is 2. The molecule has 0 bridgehead atoms. The van der Waals surface area contributed by atoms with E-state index in [2.05, 4.69) is 20.8 Å². The van der Waals surface area contributed by atoms with E-state index in [9.17, 15) is 9.59 Å². The first-order valence-corrected chi connectivity index (χ1v) is 11.2. The fourth-order valence-corrected chi connectivity index (χ4v) is 4.03. The average Bonchev–Trinajstić information content (AvgIpc) is 3.54. The number of carbonyl (C=O) groups is 2. The van der Waals surface area contributed by atoms with E-state index in [0.29, 0.717) is 28.5 Å². The Hall–Kier alpha value is -3.93. The van der Waals surface area contributed by atoms with E-state index in [0.717, 1.165) is 11.8 Å². The van der Waals surface area contributed by atoms with Crippen LogP contribution in [-0.2, 0) is 9.53 Å². The zero-order valence-electron chi connectivity index (χ0n) is 18.6. The second-order valence-corrected chi connectivity index (χ2v) is 7.85. The van der Waals surface area contributed by atoms with Gasteiger partial charge in [-0.25, -0.2) is 9.59 Å². The van der Waals surface area contributed by atoms with Gasteiger partial charge in [0, 0.05) is 23.1 Å². The van der Waals surface area contributed by atoms with Crippen LogP contribution in [0.5, 0.6) is 11.5 Å². The summed E-state index contributed by atoms with van der Waals surface area (Å²) >= 11 is 1.16. The van der Waals surface area contributed by atoms with E-state index in [1.165, 1.54) is 6.26 Å². The molecule has 3 heterocycles. The maximum absolute atomic E-state index is 12.7. The molecule has 1 aromatic carbocycles. The molecule has 0 spiro atoms. The fraction of sp³-hybridized carbons (Fsp3) is 0.273. The van der Waals surface area contributed by atoms with Crippen molar-refractivity contribution in [3.63, 3.8) is 0 Å². The smallest absolute Gasteiger partial charge is 0.338 e. The van der Waals surface area contributed by atoms with Gasteiger partial charge in [0.25, 0.3) is 5.22 Å². The second kappa shape index (κ2) is 10.3. The van der Waals surface area contributed by atoms with Crippen molar-refractivity contribution in [3.8, 4) is 23.0 Å². The molecule has 12 heteroatoms. The number of ether oxygens (including phenoxy) is 3. The van der Waals surface area contributed by atoms with Crippen LogP contribution in [0.3, 0.4) is 0 Å². The number of amides is 2. The highest BCUT2D eigenvalue weighted by Gasteiger charge is 2.35. The fourth-order valence-electron chi connectivity index (χ4n) is 3.30. The van der Waals surface area contributed by atoms with Gasteiger partial charge in [-0.3, -0.25) is 0 Å². The average molecular weight is 487 g/mol. The number of urea groups is 1. The van der Waals surface area contributed by atoms with E-state index >= 15 is 0 Å².